The maximum atomic E-state index is 12.6. The van der Waals surface area contributed by atoms with Gasteiger partial charge < -0.3 is 21.5 Å². The number of aromatic nitrogens is 1. The van der Waals surface area contributed by atoms with Gasteiger partial charge in [-0.3, -0.25) is 14.4 Å². The molecule has 0 saturated carbocycles. The maximum Gasteiger partial charge on any atom is 0.326 e. The molecule has 1 aromatic carbocycles. The summed E-state index contributed by atoms with van der Waals surface area (Å²) >= 11 is 0.901. The Morgan fingerprint density at radius 1 is 1.35 bits per heavy atom. The summed E-state index contributed by atoms with van der Waals surface area (Å²) in [6, 6.07) is 6.75. The average Bonchev–Trinajstić information content (AvgIpc) is 2.96. The van der Waals surface area contributed by atoms with Crippen molar-refractivity contribution >= 4 is 34.6 Å². The van der Waals surface area contributed by atoms with Gasteiger partial charge in [-0.15, -0.1) is 0 Å². The van der Waals surface area contributed by atoms with Gasteiger partial charge in [0.05, 0.1) is 6.54 Å². The quantitative estimate of drug-likeness (QED) is 0.375. The summed E-state index contributed by atoms with van der Waals surface area (Å²) in [5.41, 5.74) is 11.9. The number of ether oxygens (including phenoxy) is 1. The van der Waals surface area contributed by atoms with E-state index in [1.807, 2.05) is 0 Å². The standard InChI is InChI=1S/C14H14N4O4S/c15-5-8-2-1-3-9(4-8)11(21)12-13(22-10(20)6-16)18-14(23-12)17-7-19/h1-4,7H,5-6,15-16H2,(H,17,18,19). The van der Waals surface area contributed by atoms with Gasteiger partial charge in [0.25, 0.3) is 0 Å². The van der Waals surface area contributed by atoms with Crippen molar-refractivity contribution in [3.05, 3.63) is 40.3 Å². The van der Waals surface area contributed by atoms with Crippen molar-refractivity contribution in [3.63, 3.8) is 0 Å². The lowest BCUT2D eigenvalue weighted by Gasteiger charge is -2.04. The smallest absolute Gasteiger partial charge is 0.326 e. The molecule has 0 saturated heterocycles. The molecule has 0 atom stereocenters. The lowest BCUT2D eigenvalue weighted by atomic mass is 10.1. The Morgan fingerprint density at radius 2 is 2.13 bits per heavy atom. The molecule has 1 aromatic heterocycles. The van der Waals surface area contributed by atoms with Crippen molar-refractivity contribution in [1.82, 2.24) is 4.98 Å². The van der Waals surface area contributed by atoms with Crippen LogP contribution in [0.15, 0.2) is 24.3 Å². The van der Waals surface area contributed by atoms with Crippen LogP contribution in [0.3, 0.4) is 0 Å². The van der Waals surface area contributed by atoms with Gasteiger partial charge in [0.2, 0.25) is 18.1 Å². The minimum atomic E-state index is -0.738. The van der Waals surface area contributed by atoms with E-state index in [2.05, 4.69) is 10.3 Å². The van der Waals surface area contributed by atoms with Gasteiger partial charge in [-0.1, -0.05) is 29.5 Å². The number of nitrogens with one attached hydrogen (secondary N) is 1. The molecule has 0 unspecified atom stereocenters. The Bertz CT molecular complexity index is 744. The zero-order valence-electron chi connectivity index (χ0n) is 11.9. The van der Waals surface area contributed by atoms with Crippen molar-refractivity contribution in [2.24, 2.45) is 11.5 Å². The SMILES string of the molecule is NCC(=O)Oc1nc(NC=O)sc1C(=O)c1cccc(CN)c1. The fourth-order valence-corrected chi connectivity index (χ4v) is 2.57. The fraction of sp³-hybridized carbons (Fsp3) is 0.143. The number of nitrogens with two attached hydrogens (primary N) is 2. The highest BCUT2D eigenvalue weighted by Crippen LogP contribution is 2.31. The average molecular weight is 334 g/mol. The zero-order valence-corrected chi connectivity index (χ0v) is 12.8. The van der Waals surface area contributed by atoms with Gasteiger partial charge in [-0.25, -0.2) is 0 Å². The van der Waals surface area contributed by atoms with Crippen molar-refractivity contribution in [3.8, 4) is 5.88 Å². The Balaban J connectivity index is 2.40. The molecule has 1 heterocycles. The Kier molecular flexibility index (Phi) is 5.52. The van der Waals surface area contributed by atoms with Crippen molar-refractivity contribution in [2.75, 3.05) is 11.9 Å². The number of nitrogens with zero attached hydrogens (tertiary/aromatic N) is 1. The largest absolute Gasteiger partial charge is 0.405 e. The molecule has 0 bridgehead atoms. The predicted octanol–water partition coefficient (Wildman–Crippen LogP) is 0.265. The molecule has 2 aromatic rings. The van der Waals surface area contributed by atoms with Crippen LogP contribution in [0.5, 0.6) is 5.88 Å². The van der Waals surface area contributed by atoms with Crippen LogP contribution in [0.25, 0.3) is 0 Å². The second-order valence-electron chi connectivity index (χ2n) is 4.33. The number of benzene rings is 1. The first-order chi connectivity index (χ1) is 11.1. The van der Waals surface area contributed by atoms with Crippen LogP contribution in [0, 0.1) is 0 Å². The first kappa shape index (κ1) is 16.7. The van der Waals surface area contributed by atoms with Crippen LogP contribution in [0.2, 0.25) is 0 Å². The fourth-order valence-electron chi connectivity index (χ4n) is 1.75. The molecule has 23 heavy (non-hydrogen) atoms. The van der Waals surface area contributed by atoms with E-state index in [9.17, 15) is 14.4 Å². The van der Waals surface area contributed by atoms with Crippen LogP contribution >= 0.6 is 11.3 Å². The van der Waals surface area contributed by atoms with E-state index in [4.69, 9.17) is 16.2 Å². The van der Waals surface area contributed by atoms with Crippen LogP contribution in [-0.2, 0) is 16.1 Å². The maximum absolute atomic E-state index is 12.6. The van der Waals surface area contributed by atoms with E-state index in [0.29, 0.717) is 12.0 Å². The monoisotopic (exact) mass is 334 g/mol. The summed E-state index contributed by atoms with van der Waals surface area (Å²) in [5.74, 6) is -1.31. The highest BCUT2D eigenvalue weighted by atomic mass is 32.1. The molecule has 120 valence electrons. The molecule has 0 aliphatic carbocycles. The van der Waals surface area contributed by atoms with Crippen molar-refractivity contribution < 1.29 is 19.1 Å². The first-order valence-corrected chi connectivity index (χ1v) is 7.36. The Hall–Kier alpha value is -2.62. The molecule has 8 nitrogen and oxygen atoms in total. The minimum Gasteiger partial charge on any atom is -0.405 e. The first-order valence-electron chi connectivity index (χ1n) is 6.54. The third-order valence-electron chi connectivity index (χ3n) is 2.79. The van der Waals surface area contributed by atoms with Gasteiger partial charge in [0, 0.05) is 12.1 Å². The van der Waals surface area contributed by atoms with Gasteiger partial charge in [0.1, 0.15) is 4.88 Å². The van der Waals surface area contributed by atoms with Gasteiger partial charge in [-0.2, -0.15) is 4.98 Å². The molecular weight excluding hydrogens is 320 g/mol. The van der Waals surface area contributed by atoms with E-state index >= 15 is 0 Å². The van der Waals surface area contributed by atoms with Gasteiger partial charge in [-0.05, 0) is 11.6 Å². The molecule has 0 radical (unpaired) electrons. The predicted molar refractivity (Wildman–Crippen MR) is 84.3 cm³/mol. The Labute approximate surface area is 135 Å². The number of ketones is 1. The van der Waals surface area contributed by atoms with E-state index in [0.717, 1.165) is 16.9 Å². The number of anilines is 1. The zero-order chi connectivity index (χ0) is 16.8. The summed E-state index contributed by atoms with van der Waals surface area (Å²) < 4.78 is 4.95. The number of amides is 1. The number of hydrogen-bond acceptors (Lipinski definition) is 8. The van der Waals surface area contributed by atoms with Crippen LogP contribution in [-0.4, -0.2) is 29.7 Å². The number of esters is 1. The topological polar surface area (TPSA) is 137 Å². The molecule has 0 fully saturated rings. The highest BCUT2D eigenvalue weighted by Gasteiger charge is 2.23. The van der Waals surface area contributed by atoms with Crippen LogP contribution < -0.4 is 21.5 Å². The van der Waals surface area contributed by atoms with Crippen molar-refractivity contribution in [1.29, 1.82) is 0 Å². The number of thiazole rings is 1. The van der Waals surface area contributed by atoms with Crippen LogP contribution in [0.4, 0.5) is 5.13 Å². The molecule has 1 amide bonds. The van der Waals surface area contributed by atoms with Gasteiger partial charge in [0.15, 0.2) is 5.13 Å². The molecular formula is C14H14N4O4S. The second kappa shape index (κ2) is 7.58. The third kappa shape index (κ3) is 3.97. The minimum absolute atomic E-state index is 0.0883. The lowest BCUT2D eigenvalue weighted by Crippen LogP contribution is -2.20. The molecule has 0 spiro atoms. The Morgan fingerprint density at radius 3 is 2.78 bits per heavy atom. The normalized spacial score (nSPS) is 10.2. The van der Waals surface area contributed by atoms with E-state index < -0.39 is 11.8 Å². The summed E-state index contributed by atoms with van der Waals surface area (Å²) in [5, 5.41) is 2.46. The third-order valence-corrected chi connectivity index (χ3v) is 3.75. The second-order valence-corrected chi connectivity index (χ2v) is 5.33. The number of rotatable bonds is 7. The van der Waals surface area contributed by atoms with E-state index in [-0.39, 0.29) is 29.0 Å². The molecule has 0 aliphatic heterocycles. The summed E-state index contributed by atoms with van der Waals surface area (Å²) in [6.07, 6.45) is 0.413. The summed E-state index contributed by atoms with van der Waals surface area (Å²) in [7, 11) is 0. The summed E-state index contributed by atoms with van der Waals surface area (Å²) in [6.45, 7) is -0.0684. The van der Waals surface area contributed by atoms with E-state index in [1.165, 1.54) is 0 Å². The number of hydrogen-bond donors (Lipinski definition) is 3. The summed E-state index contributed by atoms with van der Waals surface area (Å²) in [4.78, 5) is 38.5. The van der Waals surface area contributed by atoms with Crippen LogP contribution in [0.1, 0.15) is 20.8 Å². The number of carbonyl (C=O) groups is 3. The lowest BCUT2D eigenvalue weighted by molar-refractivity contribution is -0.133. The molecule has 5 N–H and O–H groups in total. The molecule has 9 heteroatoms. The molecule has 2 rings (SSSR count). The van der Waals surface area contributed by atoms with E-state index in [1.54, 1.807) is 24.3 Å². The number of carbonyl (C=O) groups excluding carboxylic acids is 3. The molecule has 0 aliphatic rings. The van der Waals surface area contributed by atoms with Gasteiger partial charge >= 0.3 is 5.97 Å². The highest BCUT2D eigenvalue weighted by molar-refractivity contribution is 7.18. The van der Waals surface area contributed by atoms with Crippen molar-refractivity contribution in [2.45, 2.75) is 6.54 Å².